The molecule has 2 atom stereocenters. The summed E-state index contributed by atoms with van der Waals surface area (Å²) in [5.41, 5.74) is -0.0732. The lowest BCUT2D eigenvalue weighted by molar-refractivity contribution is -0.0243. The first-order chi connectivity index (χ1) is 7.06. The molecule has 0 saturated carbocycles. The average Bonchev–Trinajstić information content (AvgIpc) is 2.21. The molecule has 15 heavy (non-hydrogen) atoms. The van der Waals surface area contributed by atoms with Crippen molar-refractivity contribution in [3.8, 4) is 0 Å². The Morgan fingerprint density at radius 2 is 2.07 bits per heavy atom. The van der Waals surface area contributed by atoms with Crippen LogP contribution < -0.4 is 0 Å². The molecule has 0 bridgehead atoms. The fraction of sp³-hybridized carbons (Fsp3) is 0.455. The third kappa shape index (κ3) is 2.97. The van der Waals surface area contributed by atoms with Gasteiger partial charge in [0, 0.05) is 12.2 Å². The van der Waals surface area contributed by atoms with Crippen LogP contribution in [0.2, 0.25) is 0 Å². The van der Waals surface area contributed by atoms with Gasteiger partial charge in [0.2, 0.25) is 0 Å². The molecule has 2 unspecified atom stereocenters. The van der Waals surface area contributed by atoms with Gasteiger partial charge in [0.15, 0.2) is 0 Å². The second-order valence-corrected chi connectivity index (χ2v) is 3.27. The molecule has 0 aliphatic rings. The van der Waals surface area contributed by atoms with Gasteiger partial charge < -0.3 is 9.84 Å². The van der Waals surface area contributed by atoms with Crippen molar-refractivity contribution in [2.45, 2.75) is 26.1 Å². The van der Waals surface area contributed by atoms with Gasteiger partial charge >= 0.3 is 0 Å². The minimum absolute atomic E-state index is 0.0732. The van der Waals surface area contributed by atoms with E-state index in [-0.39, 0.29) is 5.56 Å². The number of aliphatic hydroxyl groups excluding tert-OH is 1. The van der Waals surface area contributed by atoms with E-state index in [1.807, 2.05) is 0 Å². The van der Waals surface area contributed by atoms with Gasteiger partial charge in [0.1, 0.15) is 17.7 Å². The highest BCUT2D eigenvalue weighted by Gasteiger charge is 2.20. The van der Waals surface area contributed by atoms with Crippen molar-refractivity contribution in [3.63, 3.8) is 0 Å². The van der Waals surface area contributed by atoms with Crippen LogP contribution >= 0.6 is 0 Å². The van der Waals surface area contributed by atoms with Gasteiger partial charge in [-0.1, -0.05) is 0 Å². The van der Waals surface area contributed by atoms with E-state index in [2.05, 4.69) is 0 Å². The minimum Gasteiger partial charge on any atom is -0.386 e. The van der Waals surface area contributed by atoms with Crippen molar-refractivity contribution < 1.29 is 18.6 Å². The number of hydrogen-bond donors (Lipinski definition) is 1. The fourth-order valence-corrected chi connectivity index (χ4v) is 1.35. The van der Waals surface area contributed by atoms with Gasteiger partial charge in [-0.15, -0.1) is 0 Å². The molecule has 0 fully saturated rings. The van der Waals surface area contributed by atoms with Crippen molar-refractivity contribution >= 4 is 0 Å². The maximum Gasteiger partial charge on any atom is 0.129 e. The molecule has 4 heteroatoms. The molecule has 0 heterocycles. The summed E-state index contributed by atoms with van der Waals surface area (Å²) in [6.07, 6.45) is -1.72. The molecule has 0 aromatic heterocycles. The number of hydrogen-bond acceptors (Lipinski definition) is 2. The molecule has 0 spiro atoms. The zero-order chi connectivity index (χ0) is 11.4. The van der Waals surface area contributed by atoms with Crippen molar-refractivity contribution in [2.75, 3.05) is 6.61 Å². The number of benzene rings is 1. The van der Waals surface area contributed by atoms with Gasteiger partial charge in [-0.25, -0.2) is 8.78 Å². The summed E-state index contributed by atoms with van der Waals surface area (Å²) in [5, 5.41) is 9.69. The number of ether oxygens (including phenoxy) is 1. The largest absolute Gasteiger partial charge is 0.386 e. The van der Waals surface area contributed by atoms with E-state index in [0.29, 0.717) is 6.61 Å². The summed E-state index contributed by atoms with van der Waals surface area (Å²) in [6, 6.07) is 2.99. The Morgan fingerprint density at radius 3 is 2.67 bits per heavy atom. The van der Waals surface area contributed by atoms with Crippen LogP contribution in [-0.2, 0) is 4.74 Å². The van der Waals surface area contributed by atoms with E-state index >= 15 is 0 Å². The monoisotopic (exact) mass is 216 g/mol. The third-order valence-corrected chi connectivity index (χ3v) is 2.15. The highest BCUT2D eigenvalue weighted by Crippen LogP contribution is 2.22. The van der Waals surface area contributed by atoms with Crippen molar-refractivity contribution in [2.24, 2.45) is 0 Å². The van der Waals surface area contributed by atoms with E-state index in [1.165, 1.54) is 0 Å². The fourth-order valence-electron chi connectivity index (χ4n) is 1.35. The van der Waals surface area contributed by atoms with E-state index < -0.39 is 23.8 Å². The standard InChI is InChI=1S/C11H14F2O2/c1-3-15-7(2)11(14)9-6-8(12)4-5-10(9)13/h4-7,11,14H,3H2,1-2H3. The quantitative estimate of drug-likeness (QED) is 0.837. The molecular formula is C11H14F2O2. The minimum atomic E-state index is -1.15. The normalized spacial score (nSPS) is 15.0. The van der Waals surface area contributed by atoms with E-state index in [9.17, 15) is 13.9 Å². The van der Waals surface area contributed by atoms with E-state index in [1.54, 1.807) is 13.8 Å². The van der Waals surface area contributed by atoms with Gasteiger partial charge in [-0.05, 0) is 32.0 Å². The van der Waals surface area contributed by atoms with Crippen molar-refractivity contribution in [1.29, 1.82) is 0 Å². The summed E-state index contributed by atoms with van der Waals surface area (Å²) in [6.45, 7) is 3.79. The van der Waals surface area contributed by atoms with Gasteiger partial charge in [0.25, 0.3) is 0 Å². The Labute approximate surface area is 87.5 Å². The van der Waals surface area contributed by atoms with Crippen molar-refractivity contribution in [1.82, 2.24) is 0 Å². The summed E-state index contributed by atoms with van der Waals surface area (Å²) in [5.74, 6) is -1.20. The molecule has 84 valence electrons. The topological polar surface area (TPSA) is 29.5 Å². The molecule has 1 aromatic rings. The molecule has 2 nitrogen and oxygen atoms in total. The van der Waals surface area contributed by atoms with E-state index in [4.69, 9.17) is 4.74 Å². The Balaban J connectivity index is 2.89. The van der Waals surface area contributed by atoms with Gasteiger partial charge in [-0.2, -0.15) is 0 Å². The lowest BCUT2D eigenvalue weighted by Gasteiger charge is -2.19. The average molecular weight is 216 g/mol. The second kappa shape index (κ2) is 5.19. The summed E-state index contributed by atoms with van der Waals surface area (Å²) in [7, 11) is 0. The van der Waals surface area contributed by atoms with Gasteiger partial charge in [-0.3, -0.25) is 0 Å². The van der Waals surface area contributed by atoms with Gasteiger partial charge in [0.05, 0.1) is 6.10 Å². The Morgan fingerprint density at radius 1 is 1.40 bits per heavy atom. The molecule has 0 aliphatic carbocycles. The van der Waals surface area contributed by atoms with Crippen LogP contribution in [0.3, 0.4) is 0 Å². The predicted octanol–water partition coefficient (Wildman–Crippen LogP) is 2.42. The molecule has 1 rings (SSSR count). The third-order valence-electron chi connectivity index (χ3n) is 2.15. The number of halogens is 2. The Kier molecular flexibility index (Phi) is 4.17. The lowest BCUT2D eigenvalue weighted by atomic mass is 10.0. The molecular weight excluding hydrogens is 202 g/mol. The molecule has 0 amide bonds. The SMILES string of the molecule is CCOC(C)C(O)c1cc(F)ccc1F. The van der Waals surface area contributed by atoms with Crippen LogP contribution in [0, 0.1) is 11.6 Å². The van der Waals surface area contributed by atoms with Crippen LogP contribution in [0.4, 0.5) is 8.78 Å². The maximum atomic E-state index is 13.2. The summed E-state index contributed by atoms with van der Waals surface area (Å²) in [4.78, 5) is 0. The molecule has 1 N–H and O–H groups in total. The highest BCUT2D eigenvalue weighted by molar-refractivity contribution is 5.21. The summed E-state index contributed by atoms with van der Waals surface area (Å²) < 4.78 is 31.2. The first-order valence-electron chi connectivity index (χ1n) is 4.81. The Bertz CT molecular complexity index is 328. The van der Waals surface area contributed by atoms with E-state index in [0.717, 1.165) is 18.2 Å². The highest BCUT2D eigenvalue weighted by atomic mass is 19.1. The first-order valence-corrected chi connectivity index (χ1v) is 4.81. The van der Waals surface area contributed by atoms with Crippen LogP contribution in [0.15, 0.2) is 18.2 Å². The van der Waals surface area contributed by atoms with Crippen LogP contribution in [0.1, 0.15) is 25.5 Å². The molecule has 0 aliphatic heterocycles. The number of aliphatic hydroxyl groups is 1. The zero-order valence-corrected chi connectivity index (χ0v) is 8.71. The zero-order valence-electron chi connectivity index (χ0n) is 8.71. The van der Waals surface area contributed by atoms with Crippen molar-refractivity contribution in [3.05, 3.63) is 35.4 Å². The molecule has 0 saturated heterocycles. The molecule has 1 aromatic carbocycles. The second-order valence-electron chi connectivity index (χ2n) is 3.27. The smallest absolute Gasteiger partial charge is 0.129 e. The van der Waals surface area contributed by atoms with Crippen LogP contribution in [-0.4, -0.2) is 17.8 Å². The van der Waals surface area contributed by atoms with Crippen LogP contribution in [0.5, 0.6) is 0 Å². The first kappa shape index (κ1) is 12.1. The Hall–Kier alpha value is -1.00. The van der Waals surface area contributed by atoms with Crippen LogP contribution in [0.25, 0.3) is 0 Å². The molecule has 0 radical (unpaired) electrons. The number of rotatable bonds is 4. The lowest BCUT2D eigenvalue weighted by Crippen LogP contribution is -2.19. The predicted molar refractivity (Wildman–Crippen MR) is 52.4 cm³/mol. The maximum absolute atomic E-state index is 13.2. The summed E-state index contributed by atoms with van der Waals surface area (Å²) >= 11 is 0.